The standard InChI is InChI=1S/C44H44N6O4/c1-3-5-17-45-23-25-47(27-45)19-7-21-49-41(51)33-13-9-29-31-11-15-35-40-36(16-12-32(38(31)40)30-10-14-34(42(49)52)39(33)37(29)30)44(54)50(43(35)53)22-8-20-48-26-24-46(28-48)18-6-4-2/h9-16,23-28H,3-8,17-22H2,1-2H3/q+2. The van der Waals surface area contributed by atoms with E-state index in [0.717, 1.165) is 71.1 Å². The highest BCUT2D eigenvalue weighted by Crippen LogP contribution is 2.46. The van der Waals surface area contributed by atoms with Crippen LogP contribution in [0.25, 0.3) is 43.1 Å². The van der Waals surface area contributed by atoms with Crippen LogP contribution in [-0.4, -0.2) is 55.7 Å². The van der Waals surface area contributed by atoms with Crippen LogP contribution in [0, 0.1) is 0 Å². The number of aryl methyl sites for hydroxylation is 4. The van der Waals surface area contributed by atoms with E-state index in [1.54, 1.807) is 0 Å². The number of hydrogen-bond acceptors (Lipinski definition) is 4. The first-order valence-electron chi connectivity index (χ1n) is 19.4. The largest absolute Gasteiger partial charge is 0.274 e. The van der Waals surface area contributed by atoms with Crippen molar-refractivity contribution in [2.24, 2.45) is 0 Å². The Hall–Kier alpha value is -5.90. The van der Waals surface area contributed by atoms with Crippen LogP contribution in [0.1, 0.15) is 93.8 Å². The third-order valence-corrected chi connectivity index (χ3v) is 11.4. The lowest BCUT2D eigenvalue weighted by Gasteiger charge is -2.30. The highest BCUT2D eigenvalue weighted by Gasteiger charge is 2.36. The first-order valence-corrected chi connectivity index (χ1v) is 19.4. The normalized spacial score (nSPS) is 14.3. The van der Waals surface area contributed by atoms with Crippen LogP contribution in [0.5, 0.6) is 0 Å². The Kier molecular flexibility index (Phi) is 8.48. The fourth-order valence-corrected chi connectivity index (χ4v) is 8.68. The van der Waals surface area contributed by atoms with Gasteiger partial charge in [0, 0.05) is 59.0 Å². The third kappa shape index (κ3) is 5.37. The molecule has 0 N–H and O–H groups in total. The van der Waals surface area contributed by atoms with Gasteiger partial charge in [0.15, 0.2) is 0 Å². The molecule has 2 aliphatic heterocycles. The maximum Gasteiger partial charge on any atom is 0.261 e. The summed E-state index contributed by atoms with van der Waals surface area (Å²) in [5.74, 6) is -1.11. The Labute approximate surface area is 313 Å². The predicted molar refractivity (Wildman–Crippen MR) is 207 cm³/mol. The fraction of sp³-hybridized carbons (Fsp3) is 0.318. The van der Waals surface area contributed by atoms with Crippen LogP contribution in [0.2, 0.25) is 0 Å². The Balaban J connectivity index is 1.02. The van der Waals surface area contributed by atoms with Gasteiger partial charge in [-0.05, 0) is 69.4 Å². The number of imide groups is 2. The molecule has 0 unspecified atom stereocenters. The molecule has 10 nitrogen and oxygen atoms in total. The highest BCUT2D eigenvalue weighted by atomic mass is 16.2. The number of nitrogens with zero attached hydrogens (tertiary/aromatic N) is 6. The van der Waals surface area contributed by atoms with E-state index in [1.165, 1.54) is 9.80 Å². The van der Waals surface area contributed by atoms with Crippen molar-refractivity contribution in [1.29, 1.82) is 0 Å². The number of fused-ring (bicyclic) bond motifs is 2. The van der Waals surface area contributed by atoms with Gasteiger partial charge in [0.05, 0.1) is 26.2 Å². The second kappa shape index (κ2) is 13.5. The second-order valence-electron chi connectivity index (χ2n) is 14.9. The molecular weight excluding hydrogens is 677 g/mol. The minimum Gasteiger partial charge on any atom is -0.274 e. The van der Waals surface area contributed by atoms with E-state index < -0.39 is 0 Å². The van der Waals surface area contributed by atoms with Crippen LogP contribution in [0.3, 0.4) is 0 Å². The summed E-state index contributed by atoms with van der Waals surface area (Å²) >= 11 is 0. The van der Waals surface area contributed by atoms with Gasteiger partial charge >= 0.3 is 0 Å². The van der Waals surface area contributed by atoms with Crippen molar-refractivity contribution in [2.45, 2.75) is 78.6 Å². The van der Waals surface area contributed by atoms with Gasteiger partial charge in [-0.3, -0.25) is 29.0 Å². The molecule has 9 rings (SSSR count). The monoisotopic (exact) mass is 720 g/mol. The van der Waals surface area contributed by atoms with Crippen molar-refractivity contribution in [1.82, 2.24) is 18.9 Å². The molecule has 0 fully saturated rings. The first kappa shape index (κ1) is 33.9. The van der Waals surface area contributed by atoms with Crippen LogP contribution < -0.4 is 9.13 Å². The van der Waals surface area contributed by atoms with E-state index in [0.29, 0.717) is 72.0 Å². The highest BCUT2D eigenvalue weighted by molar-refractivity contribution is 6.41. The molecule has 2 aliphatic rings. The van der Waals surface area contributed by atoms with Gasteiger partial charge < -0.3 is 0 Å². The van der Waals surface area contributed by atoms with Crippen LogP contribution >= 0.6 is 0 Å². The maximum absolute atomic E-state index is 14.0. The summed E-state index contributed by atoms with van der Waals surface area (Å²) in [6, 6.07) is 15.2. The zero-order chi connectivity index (χ0) is 37.1. The summed E-state index contributed by atoms with van der Waals surface area (Å²) in [6.07, 6.45) is 18.2. The van der Waals surface area contributed by atoms with Crippen molar-refractivity contribution in [3.05, 3.63) is 108 Å². The van der Waals surface area contributed by atoms with Crippen molar-refractivity contribution in [3.8, 4) is 0 Å². The molecule has 0 saturated heterocycles. The van der Waals surface area contributed by atoms with Crippen molar-refractivity contribution < 1.29 is 28.3 Å². The lowest BCUT2D eigenvalue weighted by molar-refractivity contribution is -0.696. The SMILES string of the molecule is CCCCn1cc[n+](CCCN2C(=O)c3ccc4c5ccc6c7c(ccc(c8ccc(c3c48)C2=O)c75)C(=O)N(CCC[n+]2ccn(CCCC)c2)C6=O)c1. The number of imidazole rings is 2. The zero-order valence-electron chi connectivity index (χ0n) is 30.9. The van der Waals surface area contributed by atoms with Gasteiger partial charge in [-0.25, -0.2) is 18.3 Å². The van der Waals surface area contributed by atoms with Gasteiger partial charge in [-0.15, -0.1) is 0 Å². The lowest BCUT2D eigenvalue weighted by Crippen LogP contribution is -2.42. The smallest absolute Gasteiger partial charge is 0.261 e. The van der Waals surface area contributed by atoms with Crippen LogP contribution in [0.15, 0.2) is 86.0 Å². The van der Waals surface area contributed by atoms with E-state index >= 15 is 0 Å². The van der Waals surface area contributed by atoms with E-state index in [-0.39, 0.29) is 23.6 Å². The third-order valence-electron chi connectivity index (χ3n) is 11.4. The number of rotatable bonds is 14. The van der Waals surface area contributed by atoms with E-state index in [2.05, 4.69) is 57.2 Å². The van der Waals surface area contributed by atoms with Crippen LogP contribution in [-0.2, 0) is 26.2 Å². The van der Waals surface area contributed by atoms with Crippen LogP contribution in [0.4, 0.5) is 0 Å². The molecule has 2 aromatic heterocycles. The molecule has 0 bridgehead atoms. The Morgan fingerprint density at radius 1 is 0.444 bits per heavy atom. The average Bonchev–Trinajstić information content (AvgIpc) is 3.85. The molecule has 4 amide bonds. The number of carbonyl (C=O) groups is 4. The second-order valence-corrected chi connectivity index (χ2v) is 14.9. The molecule has 54 heavy (non-hydrogen) atoms. The van der Waals surface area contributed by atoms with E-state index in [4.69, 9.17) is 0 Å². The summed E-state index contributed by atoms with van der Waals surface area (Å²) in [5, 5.41) is 6.65. The Bertz CT molecular complexity index is 2350. The first-order chi connectivity index (χ1) is 26.4. The summed E-state index contributed by atoms with van der Waals surface area (Å²) < 4.78 is 8.55. The molecule has 10 heteroatoms. The molecule has 0 atom stereocenters. The van der Waals surface area contributed by atoms with Gasteiger partial charge in [0.1, 0.15) is 24.8 Å². The molecule has 4 heterocycles. The summed E-state index contributed by atoms with van der Waals surface area (Å²) in [5.41, 5.74) is 2.09. The maximum atomic E-state index is 14.0. The number of hydrogen-bond donors (Lipinski definition) is 0. The molecule has 0 radical (unpaired) electrons. The van der Waals surface area contributed by atoms with Gasteiger partial charge in [-0.1, -0.05) is 51.0 Å². The van der Waals surface area contributed by atoms with E-state index in [1.807, 2.05) is 60.9 Å². The molecule has 0 aliphatic carbocycles. The Morgan fingerprint density at radius 3 is 1.13 bits per heavy atom. The van der Waals surface area contributed by atoms with Crippen molar-refractivity contribution in [3.63, 3.8) is 0 Å². The average molecular weight is 721 g/mol. The lowest BCUT2D eigenvalue weighted by atomic mass is 9.82. The minimum atomic E-state index is -0.276. The molecule has 272 valence electrons. The number of aromatic nitrogens is 4. The summed E-state index contributed by atoms with van der Waals surface area (Å²) in [6.45, 7) is 8.37. The number of amides is 4. The molecule has 0 saturated carbocycles. The minimum absolute atomic E-state index is 0.276. The number of carbonyl (C=O) groups excluding carboxylic acids is 4. The fourth-order valence-electron chi connectivity index (χ4n) is 8.68. The van der Waals surface area contributed by atoms with Crippen molar-refractivity contribution in [2.75, 3.05) is 13.1 Å². The zero-order valence-corrected chi connectivity index (χ0v) is 30.9. The molecule has 7 aromatic rings. The van der Waals surface area contributed by atoms with Gasteiger partial charge in [0.2, 0.25) is 12.7 Å². The van der Waals surface area contributed by atoms with Crippen molar-refractivity contribution >= 4 is 66.7 Å². The summed E-state index contributed by atoms with van der Waals surface area (Å²) in [7, 11) is 0. The topological polar surface area (TPSA) is 92.4 Å². The van der Waals surface area contributed by atoms with Gasteiger partial charge in [0.25, 0.3) is 23.6 Å². The molecule has 0 spiro atoms. The number of unbranched alkanes of at least 4 members (excludes halogenated alkanes) is 2. The quantitative estimate of drug-likeness (QED) is 0.0530. The predicted octanol–water partition coefficient (Wildman–Crippen LogP) is 6.89. The number of benzene rings is 5. The molecule has 5 aromatic carbocycles. The van der Waals surface area contributed by atoms with Gasteiger partial charge in [-0.2, -0.15) is 0 Å². The Morgan fingerprint density at radius 2 is 0.796 bits per heavy atom. The molecular formula is C44H44N6O4+2. The van der Waals surface area contributed by atoms with E-state index in [9.17, 15) is 19.2 Å². The summed E-state index contributed by atoms with van der Waals surface area (Å²) in [4.78, 5) is 58.7.